The molecule has 0 fully saturated rings. The van der Waals surface area contributed by atoms with Crippen LogP contribution in [0.3, 0.4) is 0 Å². The second-order valence-electron chi connectivity index (χ2n) is 4.09. The smallest absolute Gasteiger partial charge is 0.255 e. The van der Waals surface area contributed by atoms with Gasteiger partial charge in [0.2, 0.25) is 0 Å². The number of H-pyrrole nitrogens is 1. The average molecular weight is 259 g/mol. The van der Waals surface area contributed by atoms with Crippen LogP contribution in [0.15, 0.2) is 30.7 Å². The molecule has 0 unspecified atom stereocenters. The number of carbonyl (C=O) groups excluding carboxylic acids is 1. The van der Waals surface area contributed by atoms with Crippen LogP contribution in [0.4, 0.5) is 0 Å². The van der Waals surface area contributed by atoms with E-state index in [1.54, 1.807) is 30.7 Å². The van der Waals surface area contributed by atoms with Gasteiger partial charge in [0.15, 0.2) is 11.5 Å². The standard InChI is InChI=1S/C13H13N3O3/c17-13(15-7-9-6-14-8-16-9)10-2-1-3-11-12(10)19-5-4-18-11/h1-3,6,8H,4-5,7H2,(H,14,16)(H,15,17). The summed E-state index contributed by atoms with van der Waals surface area (Å²) in [6.45, 7) is 1.35. The number of aromatic nitrogens is 2. The zero-order chi connectivity index (χ0) is 13.1. The van der Waals surface area contributed by atoms with Gasteiger partial charge in [0.05, 0.1) is 24.1 Å². The quantitative estimate of drug-likeness (QED) is 0.865. The van der Waals surface area contributed by atoms with Gasteiger partial charge in [-0.15, -0.1) is 0 Å². The molecule has 1 aromatic carbocycles. The number of fused-ring (bicyclic) bond motifs is 1. The van der Waals surface area contributed by atoms with E-state index < -0.39 is 0 Å². The van der Waals surface area contributed by atoms with E-state index >= 15 is 0 Å². The summed E-state index contributed by atoms with van der Waals surface area (Å²) in [6, 6.07) is 5.29. The highest BCUT2D eigenvalue weighted by molar-refractivity contribution is 5.97. The molecule has 19 heavy (non-hydrogen) atoms. The molecular weight excluding hydrogens is 246 g/mol. The van der Waals surface area contributed by atoms with Crippen molar-refractivity contribution in [3.05, 3.63) is 42.0 Å². The molecule has 0 saturated heterocycles. The lowest BCUT2D eigenvalue weighted by molar-refractivity contribution is 0.0939. The number of hydrogen-bond acceptors (Lipinski definition) is 4. The van der Waals surface area contributed by atoms with Gasteiger partial charge in [-0.1, -0.05) is 6.07 Å². The van der Waals surface area contributed by atoms with Crippen LogP contribution in [0.25, 0.3) is 0 Å². The van der Waals surface area contributed by atoms with E-state index in [2.05, 4.69) is 15.3 Å². The van der Waals surface area contributed by atoms with Crippen molar-refractivity contribution in [1.82, 2.24) is 15.3 Å². The summed E-state index contributed by atoms with van der Waals surface area (Å²) >= 11 is 0. The second-order valence-corrected chi connectivity index (χ2v) is 4.09. The first-order chi connectivity index (χ1) is 9.34. The molecule has 2 heterocycles. The monoisotopic (exact) mass is 259 g/mol. The molecule has 2 N–H and O–H groups in total. The molecule has 1 aromatic heterocycles. The second kappa shape index (κ2) is 5.01. The summed E-state index contributed by atoms with van der Waals surface area (Å²) in [5.41, 5.74) is 1.33. The SMILES string of the molecule is O=C(NCc1cnc[nH]1)c1cccc2c1OCCO2. The summed E-state index contributed by atoms with van der Waals surface area (Å²) in [7, 11) is 0. The lowest BCUT2D eigenvalue weighted by atomic mass is 10.1. The number of benzene rings is 1. The predicted molar refractivity (Wildman–Crippen MR) is 67.2 cm³/mol. The Morgan fingerprint density at radius 3 is 3.11 bits per heavy atom. The largest absolute Gasteiger partial charge is 0.486 e. The Hall–Kier alpha value is -2.50. The first-order valence-corrected chi connectivity index (χ1v) is 5.98. The Balaban J connectivity index is 1.76. The number of nitrogens with zero attached hydrogens (tertiary/aromatic N) is 1. The molecule has 0 spiro atoms. The molecule has 0 saturated carbocycles. The number of rotatable bonds is 3. The highest BCUT2D eigenvalue weighted by atomic mass is 16.6. The van der Waals surface area contributed by atoms with Crippen LogP contribution >= 0.6 is 0 Å². The van der Waals surface area contributed by atoms with Crippen molar-refractivity contribution in [2.45, 2.75) is 6.54 Å². The normalized spacial score (nSPS) is 13.1. The molecule has 98 valence electrons. The van der Waals surface area contributed by atoms with Crippen molar-refractivity contribution in [3.8, 4) is 11.5 Å². The number of ether oxygens (including phenoxy) is 2. The summed E-state index contributed by atoms with van der Waals surface area (Å²) in [5, 5.41) is 2.81. The van der Waals surface area contributed by atoms with Crippen molar-refractivity contribution in [3.63, 3.8) is 0 Å². The van der Waals surface area contributed by atoms with Crippen LogP contribution in [0.1, 0.15) is 16.1 Å². The molecule has 3 rings (SSSR count). The fourth-order valence-corrected chi connectivity index (χ4v) is 1.90. The highest BCUT2D eigenvalue weighted by Crippen LogP contribution is 2.33. The van der Waals surface area contributed by atoms with Crippen LogP contribution in [0.2, 0.25) is 0 Å². The Morgan fingerprint density at radius 2 is 2.26 bits per heavy atom. The minimum Gasteiger partial charge on any atom is -0.486 e. The Kier molecular flexibility index (Phi) is 3.06. The average Bonchev–Trinajstić information content (AvgIpc) is 2.97. The molecule has 1 aliphatic rings. The van der Waals surface area contributed by atoms with E-state index in [0.29, 0.717) is 36.8 Å². The third-order valence-electron chi connectivity index (χ3n) is 2.81. The van der Waals surface area contributed by atoms with E-state index in [9.17, 15) is 4.79 Å². The van der Waals surface area contributed by atoms with E-state index in [1.165, 1.54) is 0 Å². The fourth-order valence-electron chi connectivity index (χ4n) is 1.90. The van der Waals surface area contributed by atoms with Crippen molar-refractivity contribution in [2.24, 2.45) is 0 Å². The van der Waals surface area contributed by atoms with Crippen LogP contribution < -0.4 is 14.8 Å². The molecule has 0 aliphatic carbocycles. The molecule has 0 radical (unpaired) electrons. The molecule has 6 heteroatoms. The summed E-state index contributed by atoms with van der Waals surface area (Å²) < 4.78 is 11.0. The maximum Gasteiger partial charge on any atom is 0.255 e. The minimum atomic E-state index is -0.197. The summed E-state index contributed by atoms with van der Waals surface area (Å²) in [5.74, 6) is 0.924. The Bertz CT molecular complexity index is 581. The molecule has 2 aromatic rings. The van der Waals surface area contributed by atoms with Crippen LogP contribution in [0, 0.1) is 0 Å². The fraction of sp³-hybridized carbons (Fsp3) is 0.231. The number of aromatic amines is 1. The van der Waals surface area contributed by atoms with Crippen molar-refractivity contribution in [1.29, 1.82) is 0 Å². The first-order valence-electron chi connectivity index (χ1n) is 5.98. The zero-order valence-corrected chi connectivity index (χ0v) is 10.2. The molecule has 1 amide bonds. The van der Waals surface area contributed by atoms with Gasteiger partial charge < -0.3 is 19.8 Å². The van der Waals surface area contributed by atoms with Crippen LogP contribution in [-0.4, -0.2) is 29.1 Å². The predicted octanol–water partition coefficient (Wildman–Crippen LogP) is 1.11. The Labute approximate surface area is 109 Å². The van der Waals surface area contributed by atoms with Gasteiger partial charge in [0.1, 0.15) is 13.2 Å². The van der Waals surface area contributed by atoms with Crippen molar-refractivity contribution < 1.29 is 14.3 Å². The van der Waals surface area contributed by atoms with Crippen molar-refractivity contribution in [2.75, 3.05) is 13.2 Å². The molecule has 0 bridgehead atoms. The first kappa shape index (κ1) is 11.6. The topological polar surface area (TPSA) is 76.2 Å². The minimum absolute atomic E-state index is 0.197. The highest BCUT2D eigenvalue weighted by Gasteiger charge is 2.20. The van der Waals surface area contributed by atoms with Gasteiger partial charge in [-0.05, 0) is 12.1 Å². The van der Waals surface area contributed by atoms with E-state index in [-0.39, 0.29) is 5.91 Å². The molecule has 6 nitrogen and oxygen atoms in total. The van der Waals surface area contributed by atoms with Gasteiger partial charge in [0, 0.05) is 6.20 Å². The van der Waals surface area contributed by atoms with Gasteiger partial charge in [0.25, 0.3) is 5.91 Å². The maximum absolute atomic E-state index is 12.1. The molecule has 1 aliphatic heterocycles. The van der Waals surface area contributed by atoms with E-state index in [4.69, 9.17) is 9.47 Å². The van der Waals surface area contributed by atoms with Gasteiger partial charge in [-0.2, -0.15) is 0 Å². The maximum atomic E-state index is 12.1. The van der Waals surface area contributed by atoms with Gasteiger partial charge in [-0.3, -0.25) is 4.79 Å². The number of amides is 1. The third-order valence-corrected chi connectivity index (χ3v) is 2.81. The van der Waals surface area contributed by atoms with Crippen LogP contribution in [-0.2, 0) is 6.54 Å². The third kappa shape index (κ3) is 2.37. The number of carbonyl (C=O) groups is 1. The molecular formula is C13H13N3O3. The summed E-state index contributed by atoms with van der Waals surface area (Å²) in [4.78, 5) is 18.9. The summed E-state index contributed by atoms with van der Waals surface area (Å²) in [6.07, 6.45) is 3.24. The number of imidazole rings is 1. The van der Waals surface area contributed by atoms with Crippen LogP contribution in [0.5, 0.6) is 11.5 Å². The van der Waals surface area contributed by atoms with E-state index in [1.807, 2.05) is 0 Å². The van der Waals surface area contributed by atoms with Gasteiger partial charge in [-0.25, -0.2) is 4.98 Å². The van der Waals surface area contributed by atoms with Gasteiger partial charge >= 0.3 is 0 Å². The number of para-hydroxylation sites is 1. The Morgan fingerprint density at radius 1 is 1.37 bits per heavy atom. The zero-order valence-electron chi connectivity index (χ0n) is 10.2. The molecule has 0 atom stereocenters. The lowest BCUT2D eigenvalue weighted by Crippen LogP contribution is -2.25. The number of nitrogens with one attached hydrogen (secondary N) is 2. The van der Waals surface area contributed by atoms with E-state index in [0.717, 1.165) is 5.69 Å². The van der Waals surface area contributed by atoms with Crippen molar-refractivity contribution >= 4 is 5.91 Å². The lowest BCUT2D eigenvalue weighted by Gasteiger charge is -2.20. The number of hydrogen-bond donors (Lipinski definition) is 2.